The van der Waals surface area contributed by atoms with Gasteiger partial charge in [-0.05, 0) is 11.3 Å². The first-order chi connectivity index (χ1) is 7.57. The van der Waals surface area contributed by atoms with Crippen LogP contribution in [0.2, 0.25) is 0 Å². The Kier molecular flexibility index (Phi) is 3.90. The number of hydrogen-bond donors (Lipinski definition) is 0. The molecule has 1 fully saturated rings. The second-order valence-corrected chi connectivity index (χ2v) is 7.35. The molecule has 2 atom stereocenters. The van der Waals surface area contributed by atoms with Crippen LogP contribution < -0.4 is 0 Å². The zero-order chi connectivity index (χ0) is 13.4. The first-order valence-corrected chi connectivity index (χ1v) is 6.42. The fraction of sp³-hybridized carbons (Fsp3) is 0.929. The molecular formula is C14H26FNO. The summed E-state index contributed by atoms with van der Waals surface area (Å²) in [4.78, 5) is 14.1. The van der Waals surface area contributed by atoms with E-state index in [9.17, 15) is 9.18 Å². The van der Waals surface area contributed by atoms with Crippen molar-refractivity contribution in [1.29, 1.82) is 0 Å². The summed E-state index contributed by atoms with van der Waals surface area (Å²) in [5.74, 6) is 0.405. The van der Waals surface area contributed by atoms with E-state index in [0.29, 0.717) is 13.1 Å². The molecular weight excluding hydrogens is 217 g/mol. The van der Waals surface area contributed by atoms with Gasteiger partial charge in [-0.2, -0.15) is 0 Å². The smallest absolute Gasteiger partial charge is 0.227 e. The highest BCUT2D eigenvalue weighted by Gasteiger charge is 2.43. The van der Waals surface area contributed by atoms with Crippen LogP contribution in [-0.4, -0.2) is 30.6 Å². The van der Waals surface area contributed by atoms with Crippen molar-refractivity contribution in [3.63, 3.8) is 0 Å². The van der Waals surface area contributed by atoms with Crippen molar-refractivity contribution in [2.75, 3.05) is 19.8 Å². The van der Waals surface area contributed by atoms with E-state index < -0.39 is 0 Å². The van der Waals surface area contributed by atoms with Crippen molar-refractivity contribution < 1.29 is 9.18 Å². The summed E-state index contributed by atoms with van der Waals surface area (Å²) >= 11 is 0. The lowest BCUT2D eigenvalue weighted by molar-refractivity contribution is -0.138. The Labute approximate surface area is 105 Å². The number of alkyl halides is 1. The molecule has 2 nitrogen and oxygen atoms in total. The van der Waals surface area contributed by atoms with Crippen molar-refractivity contribution in [2.45, 2.75) is 41.5 Å². The normalized spacial score (nSPS) is 26.4. The molecule has 0 aromatic carbocycles. The van der Waals surface area contributed by atoms with E-state index in [0.717, 1.165) is 0 Å². The topological polar surface area (TPSA) is 20.3 Å². The van der Waals surface area contributed by atoms with Crippen LogP contribution in [0.15, 0.2) is 0 Å². The molecule has 1 aliphatic rings. The number of halogens is 1. The molecule has 100 valence electrons. The SMILES string of the molecule is CC(C)(C)C(=O)N1CC(CF)C(C(C)(C)C)C1. The molecule has 1 rings (SSSR count). The van der Waals surface area contributed by atoms with Crippen molar-refractivity contribution in [2.24, 2.45) is 22.7 Å². The van der Waals surface area contributed by atoms with Crippen molar-refractivity contribution in [3.8, 4) is 0 Å². The van der Waals surface area contributed by atoms with Crippen LogP contribution in [0.5, 0.6) is 0 Å². The summed E-state index contributed by atoms with van der Waals surface area (Å²) in [5, 5.41) is 0. The largest absolute Gasteiger partial charge is 0.342 e. The number of hydrogen-bond acceptors (Lipinski definition) is 1. The van der Waals surface area contributed by atoms with Gasteiger partial charge in [-0.3, -0.25) is 9.18 Å². The third-order valence-corrected chi connectivity index (χ3v) is 3.68. The van der Waals surface area contributed by atoms with Crippen LogP contribution in [0.4, 0.5) is 4.39 Å². The van der Waals surface area contributed by atoms with Gasteiger partial charge in [0.1, 0.15) is 0 Å². The average Bonchev–Trinajstić information content (AvgIpc) is 2.57. The van der Waals surface area contributed by atoms with Crippen molar-refractivity contribution in [3.05, 3.63) is 0 Å². The van der Waals surface area contributed by atoms with E-state index in [2.05, 4.69) is 20.8 Å². The van der Waals surface area contributed by atoms with Crippen molar-refractivity contribution >= 4 is 5.91 Å². The third kappa shape index (κ3) is 3.20. The molecule has 1 aliphatic heterocycles. The fourth-order valence-corrected chi connectivity index (χ4v) is 2.65. The molecule has 0 radical (unpaired) electrons. The van der Waals surface area contributed by atoms with Gasteiger partial charge in [0.25, 0.3) is 0 Å². The first kappa shape index (κ1) is 14.5. The summed E-state index contributed by atoms with van der Waals surface area (Å²) in [6.45, 7) is 13.1. The van der Waals surface area contributed by atoms with Gasteiger partial charge in [-0.25, -0.2) is 0 Å². The molecule has 1 heterocycles. The fourth-order valence-electron chi connectivity index (χ4n) is 2.65. The Bertz CT molecular complexity index is 288. The van der Waals surface area contributed by atoms with E-state index in [-0.39, 0.29) is 35.2 Å². The molecule has 0 bridgehead atoms. The second-order valence-electron chi connectivity index (χ2n) is 7.35. The van der Waals surface area contributed by atoms with Crippen LogP contribution in [0.1, 0.15) is 41.5 Å². The van der Waals surface area contributed by atoms with E-state index >= 15 is 0 Å². The molecule has 0 saturated carbocycles. The van der Waals surface area contributed by atoms with E-state index in [4.69, 9.17) is 0 Å². The van der Waals surface area contributed by atoms with Gasteiger partial charge in [0, 0.05) is 24.4 Å². The molecule has 0 aromatic heterocycles. The molecule has 3 heteroatoms. The maximum atomic E-state index is 13.1. The summed E-state index contributed by atoms with van der Waals surface area (Å²) in [5.41, 5.74) is -0.308. The highest BCUT2D eigenvalue weighted by Crippen LogP contribution is 2.39. The van der Waals surface area contributed by atoms with Gasteiger partial charge in [-0.15, -0.1) is 0 Å². The molecule has 0 spiro atoms. The van der Waals surface area contributed by atoms with Crippen LogP contribution in [0.25, 0.3) is 0 Å². The first-order valence-electron chi connectivity index (χ1n) is 6.42. The van der Waals surface area contributed by atoms with Crippen LogP contribution in [-0.2, 0) is 4.79 Å². The second kappa shape index (κ2) is 4.58. The predicted octanol–water partition coefficient (Wildman–Crippen LogP) is 3.12. The molecule has 0 aromatic rings. The number of carbonyl (C=O) groups is 1. The van der Waals surface area contributed by atoms with Crippen LogP contribution in [0.3, 0.4) is 0 Å². The zero-order valence-corrected chi connectivity index (χ0v) is 12.0. The van der Waals surface area contributed by atoms with Gasteiger partial charge < -0.3 is 4.90 Å². The molecule has 17 heavy (non-hydrogen) atoms. The van der Waals surface area contributed by atoms with Crippen LogP contribution >= 0.6 is 0 Å². The van der Waals surface area contributed by atoms with Gasteiger partial charge in [-0.1, -0.05) is 41.5 Å². The van der Waals surface area contributed by atoms with Gasteiger partial charge in [0.05, 0.1) is 6.67 Å². The highest BCUT2D eigenvalue weighted by atomic mass is 19.1. The highest BCUT2D eigenvalue weighted by molar-refractivity contribution is 5.81. The summed E-state index contributed by atoms with van der Waals surface area (Å²) in [6.07, 6.45) is 0. The lowest BCUT2D eigenvalue weighted by Crippen LogP contribution is -2.38. The van der Waals surface area contributed by atoms with Gasteiger partial charge >= 0.3 is 0 Å². The minimum atomic E-state index is -0.367. The molecule has 1 amide bonds. The summed E-state index contributed by atoms with van der Waals surface area (Å²) in [6, 6.07) is 0. The molecule has 1 saturated heterocycles. The quantitative estimate of drug-likeness (QED) is 0.693. The van der Waals surface area contributed by atoms with Crippen molar-refractivity contribution in [1.82, 2.24) is 4.90 Å². The van der Waals surface area contributed by atoms with E-state index in [1.54, 1.807) is 0 Å². The van der Waals surface area contributed by atoms with Crippen LogP contribution in [0, 0.1) is 22.7 Å². The summed E-state index contributed by atoms with van der Waals surface area (Å²) in [7, 11) is 0. The Balaban J connectivity index is 2.81. The van der Waals surface area contributed by atoms with E-state index in [1.807, 2.05) is 25.7 Å². The predicted molar refractivity (Wildman–Crippen MR) is 68.4 cm³/mol. The molecule has 2 unspecified atom stereocenters. The molecule has 0 N–H and O–H groups in total. The lowest BCUT2D eigenvalue weighted by atomic mass is 9.75. The zero-order valence-electron chi connectivity index (χ0n) is 12.0. The minimum Gasteiger partial charge on any atom is -0.342 e. The summed E-state index contributed by atoms with van der Waals surface area (Å²) < 4.78 is 13.1. The van der Waals surface area contributed by atoms with Gasteiger partial charge in [0.15, 0.2) is 0 Å². The standard InChI is InChI=1S/C14H26FNO/c1-13(2,3)11-9-16(8-10(11)7-15)12(17)14(4,5)6/h10-11H,7-9H2,1-6H3. The van der Waals surface area contributed by atoms with E-state index in [1.165, 1.54) is 0 Å². The Morgan fingerprint density at radius 1 is 1.18 bits per heavy atom. The number of nitrogens with zero attached hydrogens (tertiary/aromatic N) is 1. The number of amides is 1. The maximum absolute atomic E-state index is 13.1. The number of likely N-dealkylation sites (tertiary alicyclic amines) is 1. The number of rotatable bonds is 1. The maximum Gasteiger partial charge on any atom is 0.227 e. The Hall–Kier alpha value is -0.600. The Morgan fingerprint density at radius 3 is 2.00 bits per heavy atom. The minimum absolute atomic E-state index is 0.00120. The van der Waals surface area contributed by atoms with Gasteiger partial charge in [0.2, 0.25) is 5.91 Å². The monoisotopic (exact) mass is 243 g/mol. The third-order valence-electron chi connectivity index (χ3n) is 3.68. The molecule has 0 aliphatic carbocycles. The number of carbonyl (C=O) groups excluding carboxylic acids is 1. The lowest BCUT2D eigenvalue weighted by Gasteiger charge is -2.30. The Morgan fingerprint density at radius 2 is 1.71 bits per heavy atom. The average molecular weight is 243 g/mol.